The molecule has 32 heavy (non-hydrogen) atoms. The first-order chi connectivity index (χ1) is 15.4. The maximum atomic E-state index is 12.6. The van der Waals surface area contributed by atoms with Crippen LogP contribution in [0.5, 0.6) is 11.5 Å². The summed E-state index contributed by atoms with van der Waals surface area (Å²) in [6, 6.07) is 13.2. The Morgan fingerprint density at radius 1 is 1.19 bits per heavy atom. The van der Waals surface area contributed by atoms with E-state index in [-0.39, 0.29) is 12.5 Å². The predicted molar refractivity (Wildman–Crippen MR) is 125 cm³/mol. The fourth-order valence-electron chi connectivity index (χ4n) is 3.10. The lowest BCUT2D eigenvalue weighted by molar-refractivity contribution is -0.160. The van der Waals surface area contributed by atoms with Crippen molar-refractivity contribution in [3.63, 3.8) is 0 Å². The summed E-state index contributed by atoms with van der Waals surface area (Å²) in [7, 11) is 3.19. The van der Waals surface area contributed by atoms with Gasteiger partial charge in [-0.1, -0.05) is 30.4 Å². The maximum Gasteiger partial charge on any atom is 0.344 e. The highest BCUT2D eigenvalue weighted by Gasteiger charge is 2.23. The van der Waals surface area contributed by atoms with Gasteiger partial charge in [-0.05, 0) is 43.7 Å². The number of para-hydroxylation sites is 1. The van der Waals surface area contributed by atoms with Gasteiger partial charge in [-0.15, -0.1) is 11.3 Å². The molecule has 8 heteroatoms. The third kappa shape index (κ3) is 5.85. The number of rotatable bonds is 9. The van der Waals surface area contributed by atoms with Crippen molar-refractivity contribution in [2.75, 3.05) is 20.8 Å². The molecule has 0 aliphatic heterocycles. The molecule has 1 unspecified atom stereocenters. The summed E-state index contributed by atoms with van der Waals surface area (Å²) in [6.45, 7) is 3.47. The van der Waals surface area contributed by atoms with Crippen molar-refractivity contribution in [2.45, 2.75) is 26.5 Å². The molecule has 2 aromatic carbocycles. The lowest BCUT2D eigenvalue weighted by Gasteiger charge is -2.20. The second kappa shape index (κ2) is 10.8. The SMILES string of the molecule is C/C=C/c1ccc(OCC(=O)OC(C)C(=O)N(C)Cc2nc3ccccc3s2)c(OC)c1. The van der Waals surface area contributed by atoms with Crippen LogP contribution in [0.3, 0.4) is 0 Å². The van der Waals surface area contributed by atoms with Crippen molar-refractivity contribution in [3.8, 4) is 11.5 Å². The molecule has 0 saturated heterocycles. The van der Waals surface area contributed by atoms with Crippen molar-refractivity contribution >= 4 is 39.5 Å². The zero-order valence-electron chi connectivity index (χ0n) is 18.5. The molecule has 0 bridgehead atoms. The fraction of sp³-hybridized carbons (Fsp3) is 0.292. The van der Waals surface area contributed by atoms with E-state index in [0.29, 0.717) is 18.0 Å². The minimum Gasteiger partial charge on any atom is -0.493 e. The number of nitrogens with zero attached hydrogens (tertiary/aromatic N) is 2. The van der Waals surface area contributed by atoms with Crippen LogP contribution in [0.4, 0.5) is 0 Å². The van der Waals surface area contributed by atoms with Crippen LogP contribution < -0.4 is 9.47 Å². The van der Waals surface area contributed by atoms with Gasteiger partial charge in [-0.25, -0.2) is 9.78 Å². The lowest BCUT2D eigenvalue weighted by Crippen LogP contribution is -2.37. The molecule has 0 fully saturated rings. The second-order valence-corrected chi connectivity index (χ2v) is 8.22. The molecular weight excluding hydrogens is 428 g/mol. The zero-order valence-corrected chi connectivity index (χ0v) is 19.3. The number of likely N-dealkylation sites (N-methyl/N-ethyl adjacent to an activating group) is 1. The Hall–Kier alpha value is -3.39. The number of fused-ring (bicyclic) bond motifs is 1. The van der Waals surface area contributed by atoms with E-state index in [1.54, 1.807) is 20.0 Å². The molecule has 0 radical (unpaired) electrons. The molecule has 7 nitrogen and oxygen atoms in total. The number of benzene rings is 2. The van der Waals surface area contributed by atoms with Gasteiger partial charge in [0.05, 0.1) is 23.9 Å². The largest absolute Gasteiger partial charge is 0.493 e. The lowest BCUT2D eigenvalue weighted by atomic mass is 10.2. The predicted octanol–water partition coefficient (Wildman–Crippen LogP) is 4.31. The number of aromatic nitrogens is 1. The van der Waals surface area contributed by atoms with Gasteiger partial charge in [-0.2, -0.15) is 0 Å². The van der Waals surface area contributed by atoms with Crippen LogP contribution >= 0.6 is 11.3 Å². The van der Waals surface area contributed by atoms with E-state index in [2.05, 4.69) is 4.98 Å². The number of carbonyl (C=O) groups is 2. The Balaban J connectivity index is 1.52. The van der Waals surface area contributed by atoms with Crippen LogP contribution in [0.2, 0.25) is 0 Å². The molecule has 3 rings (SSSR count). The molecule has 0 aliphatic rings. The Labute approximate surface area is 191 Å². The molecular formula is C24H26N2O5S. The highest BCUT2D eigenvalue weighted by molar-refractivity contribution is 7.18. The minimum absolute atomic E-state index is 0.314. The number of carbonyl (C=O) groups excluding carboxylic acids is 2. The molecule has 0 N–H and O–H groups in total. The van der Waals surface area contributed by atoms with Gasteiger partial charge in [0, 0.05) is 7.05 Å². The molecule has 168 valence electrons. The van der Waals surface area contributed by atoms with E-state index in [1.165, 1.54) is 23.3 Å². The van der Waals surface area contributed by atoms with Gasteiger partial charge < -0.3 is 19.1 Å². The van der Waals surface area contributed by atoms with Gasteiger partial charge >= 0.3 is 5.97 Å². The summed E-state index contributed by atoms with van der Waals surface area (Å²) in [4.78, 5) is 30.9. The molecule has 1 amide bonds. The summed E-state index contributed by atoms with van der Waals surface area (Å²) < 4.78 is 17.2. The Morgan fingerprint density at radius 2 is 1.97 bits per heavy atom. The Morgan fingerprint density at radius 3 is 2.69 bits per heavy atom. The van der Waals surface area contributed by atoms with Crippen molar-refractivity contribution in [1.29, 1.82) is 0 Å². The van der Waals surface area contributed by atoms with Crippen LogP contribution in [0, 0.1) is 0 Å². The third-order valence-electron chi connectivity index (χ3n) is 4.64. The molecule has 1 heterocycles. The number of hydrogen-bond donors (Lipinski definition) is 0. The maximum absolute atomic E-state index is 12.6. The van der Waals surface area contributed by atoms with Gasteiger partial charge in [0.15, 0.2) is 24.2 Å². The smallest absolute Gasteiger partial charge is 0.344 e. The highest BCUT2D eigenvalue weighted by Crippen LogP contribution is 2.28. The van der Waals surface area contributed by atoms with Crippen LogP contribution in [0.15, 0.2) is 48.5 Å². The van der Waals surface area contributed by atoms with Crippen molar-refractivity contribution in [1.82, 2.24) is 9.88 Å². The average molecular weight is 455 g/mol. The number of hydrogen-bond acceptors (Lipinski definition) is 7. The topological polar surface area (TPSA) is 78.0 Å². The molecule has 1 atom stereocenters. The van der Waals surface area contributed by atoms with Crippen LogP contribution in [0.1, 0.15) is 24.4 Å². The zero-order chi connectivity index (χ0) is 23.1. The van der Waals surface area contributed by atoms with E-state index < -0.39 is 12.1 Å². The Kier molecular flexibility index (Phi) is 7.83. The molecule has 3 aromatic rings. The first-order valence-corrected chi connectivity index (χ1v) is 11.0. The number of allylic oxidation sites excluding steroid dienone is 1. The van der Waals surface area contributed by atoms with Crippen LogP contribution in [-0.2, 0) is 20.9 Å². The van der Waals surface area contributed by atoms with Gasteiger partial charge in [0.1, 0.15) is 5.01 Å². The van der Waals surface area contributed by atoms with E-state index >= 15 is 0 Å². The van der Waals surface area contributed by atoms with Crippen molar-refractivity contribution < 1.29 is 23.8 Å². The standard InChI is InChI=1S/C24H26N2O5S/c1-5-8-17-11-12-19(20(13-17)29-4)30-15-23(27)31-16(2)24(28)26(3)14-22-25-18-9-6-7-10-21(18)32-22/h5-13,16H,14-15H2,1-4H3/b8-5+. The van der Waals surface area contributed by atoms with E-state index in [0.717, 1.165) is 20.8 Å². The van der Waals surface area contributed by atoms with Crippen molar-refractivity contribution in [3.05, 3.63) is 59.1 Å². The van der Waals surface area contributed by atoms with Crippen LogP contribution in [-0.4, -0.2) is 48.6 Å². The third-order valence-corrected chi connectivity index (χ3v) is 5.66. The summed E-state index contributed by atoms with van der Waals surface area (Å²) in [5, 5.41) is 0.817. The first-order valence-electron chi connectivity index (χ1n) is 10.1. The van der Waals surface area contributed by atoms with Gasteiger partial charge in [0.2, 0.25) is 0 Å². The summed E-state index contributed by atoms with van der Waals surface area (Å²) >= 11 is 1.53. The average Bonchev–Trinajstić information content (AvgIpc) is 3.19. The van der Waals surface area contributed by atoms with Gasteiger partial charge in [-0.3, -0.25) is 4.79 Å². The summed E-state index contributed by atoms with van der Waals surface area (Å²) in [5.74, 6) is -0.0255. The van der Waals surface area contributed by atoms with Crippen molar-refractivity contribution in [2.24, 2.45) is 0 Å². The van der Waals surface area contributed by atoms with Gasteiger partial charge in [0.25, 0.3) is 5.91 Å². The van der Waals surface area contributed by atoms with E-state index in [1.807, 2.05) is 55.5 Å². The molecule has 0 aliphatic carbocycles. The number of esters is 1. The summed E-state index contributed by atoms with van der Waals surface area (Å²) in [5.41, 5.74) is 1.86. The first kappa shape index (κ1) is 23.3. The fourth-order valence-corrected chi connectivity index (χ4v) is 4.12. The number of methoxy groups -OCH3 is 1. The number of ether oxygens (including phenoxy) is 3. The highest BCUT2D eigenvalue weighted by atomic mass is 32.1. The molecule has 1 aromatic heterocycles. The quantitative estimate of drug-likeness (QED) is 0.449. The monoisotopic (exact) mass is 454 g/mol. The molecule has 0 saturated carbocycles. The minimum atomic E-state index is -0.940. The second-order valence-electron chi connectivity index (χ2n) is 7.10. The Bertz CT molecular complexity index is 1090. The van der Waals surface area contributed by atoms with E-state index in [4.69, 9.17) is 14.2 Å². The normalized spacial score (nSPS) is 12.0. The van der Waals surface area contributed by atoms with Crippen LogP contribution in [0.25, 0.3) is 16.3 Å². The van der Waals surface area contributed by atoms with E-state index in [9.17, 15) is 9.59 Å². The number of amides is 1. The molecule has 0 spiro atoms. The summed E-state index contributed by atoms with van der Waals surface area (Å²) in [6.07, 6.45) is 2.90. The number of thiazole rings is 1.